The van der Waals surface area contributed by atoms with Crippen molar-refractivity contribution in [3.05, 3.63) is 65.2 Å². The normalized spacial score (nSPS) is 19.1. The Labute approximate surface area is 149 Å². The van der Waals surface area contributed by atoms with Gasteiger partial charge < -0.3 is 9.84 Å². The molecule has 0 saturated carbocycles. The van der Waals surface area contributed by atoms with E-state index in [-0.39, 0.29) is 0 Å². The summed E-state index contributed by atoms with van der Waals surface area (Å²) < 4.78 is 19.6. The van der Waals surface area contributed by atoms with Gasteiger partial charge in [0.2, 0.25) is 0 Å². The number of hydrogen-bond acceptors (Lipinski definition) is 3. The summed E-state index contributed by atoms with van der Waals surface area (Å²) in [5.41, 5.74) is 3.12. The zero-order valence-corrected chi connectivity index (χ0v) is 14.7. The maximum atomic E-state index is 14.3. The summed E-state index contributed by atoms with van der Waals surface area (Å²) in [6.07, 6.45) is 0.399. The fourth-order valence-corrected chi connectivity index (χ4v) is 3.46. The van der Waals surface area contributed by atoms with Crippen molar-refractivity contribution in [3.8, 4) is 5.75 Å². The quantitative estimate of drug-likeness (QED) is 0.870. The molecule has 0 aromatic heterocycles. The second-order valence-electron chi connectivity index (χ2n) is 6.71. The van der Waals surface area contributed by atoms with Gasteiger partial charge in [-0.05, 0) is 41.7 Å². The van der Waals surface area contributed by atoms with Crippen LogP contribution in [0.25, 0.3) is 0 Å². The third kappa shape index (κ3) is 4.80. The number of methoxy groups -OCH3 is 1. The van der Waals surface area contributed by atoms with Crippen molar-refractivity contribution in [3.63, 3.8) is 0 Å². The molecule has 1 aliphatic rings. The van der Waals surface area contributed by atoms with Gasteiger partial charge in [0.15, 0.2) is 0 Å². The van der Waals surface area contributed by atoms with E-state index < -0.39 is 12.3 Å². The number of halogens is 1. The lowest BCUT2D eigenvalue weighted by Crippen LogP contribution is -2.31. The van der Waals surface area contributed by atoms with Crippen LogP contribution in [0.1, 0.15) is 29.2 Å². The molecule has 2 unspecified atom stereocenters. The molecule has 3 nitrogen and oxygen atoms in total. The molecule has 3 rings (SSSR count). The van der Waals surface area contributed by atoms with Gasteiger partial charge in [-0.15, -0.1) is 0 Å². The Morgan fingerprint density at radius 2 is 2.04 bits per heavy atom. The number of nitrogens with zero attached hydrogens (tertiary/aromatic N) is 1. The van der Waals surface area contributed by atoms with Crippen LogP contribution in [0.4, 0.5) is 4.39 Å². The monoisotopic (exact) mass is 343 g/mol. The lowest BCUT2D eigenvalue weighted by molar-refractivity contribution is 0.113. The second-order valence-corrected chi connectivity index (χ2v) is 6.71. The minimum absolute atomic E-state index is 0.453. The first-order valence-electron chi connectivity index (χ1n) is 8.91. The summed E-state index contributed by atoms with van der Waals surface area (Å²) in [4.78, 5) is 2.16. The smallest absolute Gasteiger partial charge is 0.119 e. The van der Waals surface area contributed by atoms with Crippen molar-refractivity contribution in [1.29, 1.82) is 0 Å². The third-order valence-electron chi connectivity index (χ3n) is 4.90. The summed E-state index contributed by atoms with van der Waals surface area (Å²) in [6, 6.07) is 15.6. The zero-order valence-electron chi connectivity index (χ0n) is 14.7. The number of hydrogen-bond donors (Lipinski definition) is 1. The average molecular weight is 343 g/mol. The summed E-state index contributed by atoms with van der Waals surface area (Å²) in [5, 5.41) is 10.5. The van der Waals surface area contributed by atoms with Gasteiger partial charge >= 0.3 is 0 Å². The molecule has 0 fully saturated rings. The minimum Gasteiger partial charge on any atom is -0.497 e. The topological polar surface area (TPSA) is 32.7 Å². The number of ether oxygens (including phenoxy) is 1. The number of fused-ring (bicyclic) bond motifs is 1. The highest BCUT2D eigenvalue weighted by Crippen LogP contribution is 2.27. The molecule has 0 radical (unpaired) electrons. The van der Waals surface area contributed by atoms with Crippen molar-refractivity contribution in [2.75, 3.05) is 26.7 Å². The highest BCUT2D eigenvalue weighted by molar-refractivity contribution is 5.38. The van der Waals surface area contributed by atoms with Crippen LogP contribution in [0.15, 0.2) is 48.5 Å². The Morgan fingerprint density at radius 1 is 1.24 bits per heavy atom. The van der Waals surface area contributed by atoms with Gasteiger partial charge in [-0.3, -0.25) is 4.90 Å². The van der Waals surface area contributed by atoms with Crippen LogP contribution in [-0.4, -0.2) is 42.9 Å². The highest BCUT2D eigenvalue weighted by Gasteiger charge is 2.22. The molecule has 2 aromatic carbocycles. The van der Waals surface area contributed by atoms with E-state index in [1.165, 1.54) is 0 Å². The molecule has 2 atom stereocenters. The molecule has 1 heterocycles. The maximum absolute atomic E-state index is 14.3. The van der Waals surface area contributed by atoms with E-state index in [9.17, 15) is 9.50 Å². The molecule has 0 saturated heterocycles. The van der Waals surface area contributed by atoms with Crippen molar-refractivity contribution >= 4 is 0 Å². The molecule has 2 aromatic rings. The molecule has 1 aliphatic heterocycles. The lowest BCUT2D eigenvalue weighted by Gasteiger charge is -2.23. The molecular weight excluding hydrogens is 317 g/mol. The molecule has 4 heteroatoms. The number of β-amino-alcohol motifs (C(OH)–C–C–N with tert-alkyl or cyclic N) is 1. The van der Waals surface area contributed by atoms with Crippen LogP contribution in [0, 0.1) is 0 Å². The van der Waals surface area contributed by atoms with Crippen LogP contribution in [-0.2, 0) is 12.8 Å². The average Bonchev–Trinajstić information content (AvgIpc) is 2.79. The van der Waals surface area contributed by atoms with Crippen molar-refractivity contribution in [2.24, 2.45) is 0 Å². The predicted molar refractivity (Wildman–Crippen MR) is 97.8 cm³/mol. The van der Waals surface area contributed by atoms with Gasteiger partial charge in [-0.25, -0.2) is 4.39 Å². The summed E-state index contributed by atoms with van der Waals surface area (Å²) >= 11 is 0. The molecular formula is C21H26FNO2. The van der Waals surface area contributed by atoms with E-state index in [1.54, 1.807) is 7.11 Å². The van der Waals surface area contributed by atoms with E-state index in [1.807, 2.05) is 48.5 Å². The summed E-state index contributed by atoms with van der Waals surface area (Å²) in [6.45, 7) is 2.04. The van der Waals surface area contributed by atoms with Crippen LogP contribution < -0.4 is 4.74 Å². The van der Waals surface area contributed by atoms with E-state index in [2.05, 4.69) is 4.90 Å². The Bertz CT molecular complexity index is 677. The van der Waals surface area contributed by atoms with Crippen molar-refractivity contribution in [2.45, 2.75) is 31.5 Å². The fraction of sp³-hybridized carbons (Fsp3) is 0.429. The van der Waals surface area contributed by atoms with E-state index in [0.717, 1.165) is 35.4 Å². The molecule has 0 amide bonds. The first kappa shape index (κ1) is 17.9. The van der Waals surface area contributed by atoms with E-state index in [4.69, 9.17) is 4.74 Å². The van der Waals surface area contributed by atoms with E-state index in [0.29, 0.717) is 25.9 Å². The van der Waals surface area contributed by atoms with Crippen molar-refractivity contribution in [1.82, 2.24) is 4.90 Å². The van der Waals surface area contributed by atoms with Gasteiger partial charge in [-0.2, -0.15) is 0 Å². The number of benzene rings is 2. The van der Waals surface area contributed by atoms with Gasteiger partial charge in [-0.1, -0.05) is 36.4 Å². The fourth-order valence-electron chi connectivity index (χ4n) is 3.46. The third-order valence-corrected chi connectivity index (χ3v) is 4.90. The lowest BCUT2D eigenvalue weighted by atomic mass is 10.0. The van der Waals surface area contributed by atoms with Crippen molar-refractivity contribution < 1.29 is 14.2 Å². The molecule has 25 heavy (non-hydrogen) atoms. The Hall–Kier alpha value is -1.91. The highest BCUT2D eigenvalue weighted by atomic mass is 19.1. The molecule has 0 aliphatic carbocycles. The first-order chi connectivity index (χ1) is 12.2. The maximum Gasteiger partial charge on any atom is 0.119 e. The number of rotatable bonds is 6. The van der Waals surface area contributed by atoms with Crippen LogP contribution in [0.5, 0.6) is 5.75 Å². The molecule has 0 bridgehead atoms. The molecule has 1 N–H and O–H groups in total. The first-order valence-corrected chi connectivity index (χ1v) is 8.91. The SMILES string of the molecule is COc1ccc2c(c1)CCN(CCC(F)Cc1ccccc1)CC2O. The van der Waals surface area contributed by atoms with Gasteiger partial charge in [0.05, 0.1) is 13.2 Å². The Morgan fingerprint density at radius 3 is 2.80 bits per heavy atom. The number of aliphatic hydroxyl groups is 1. The van der Waals surface area contributed by atoms with Gasteiger partial charge in [0.25, 0.3) is 0 Å². The van der Waals surface area contributed by atoms with Crippen LogP contribution >= 0.6 is 0 Å². The molecule has 0 spiro atoms. The standard InChI is InChI=1S/C21H26FNO2/c1-25-19-7-8-20-17(14-19)9-11-23(15-21(20)24)12-10-18(22)13-16-5-3-2-4-6-16/h2-8,14,18,21,24H,9-13,15H2,1H3. The summed E-state index contributed by atoms with van der Waals surface area (Å²) in [7, 11) is 1.65. The minimum atomic E-state index is -0.856. The van der Waals surface area contributed by atoms with Gasteiger partial charge in [0, 0.05) is 26.1 Å². The largest absolute Gasteiger partial charge is 0.497 e. The van der Waals surface area contributed by atoms with Crippen LogP contribution in [0.3, 0.4) is 0 Å². The zero-order chi connectivity index (χ0) is 17.6. The summed E-state index contributed by atoms with van der Waals surface area (Å²) in [5.74, 6) is 0.811. The predicted octanol–water partition coefficient (Wildman–Crippen LogP) is 3.56. The van der Waals surface area contributed by atoms with Gasteiger partial charge in [0.1, 0.15) is 11.9 Å². The molecule has 134 valence electrons. The second kappa shape index (κ2) is 8.45. The van der Waals surface area contributed by atoms with E-state index >= 15 is 0 Å². The number of aliphatic hydroxyl groups excluding tert-OH is 1. The Kier molecular flexibility index (Phi) is 6.05. The number of alkyl halides is 1. The van der Waals surface area contributed by atoms with Crippen LogP contribution in [0.2, 0.25) is 0 Å². The Balaban J connectivity index is 1.54.